The van der Waals surface area contributed by atoms with Gasteiger partial charge in [-0.1, -0.05) is 30.3 Å². The standard InChI is InChI=1S/C21H28FN5O2S/c1-3-27-18(14-26-12-6-4-5-7-19(26)28)24-25-21(27)30-15(2)20(29)23-13-16-8-10-17(22)11-9-16/h8-11,15H,3-7,12-14H2,1-2H3,(H,23,29). The highest BCUT2D eigenvalue weighted by molar-refractivity contribution is 8.00. The quantitative estimate of drug-likeness (QED) is 0.647. The van der Waals surface area contributed by atoms with Crippen molar-refractivity contribution in [3.8, 4) is 0 Å². The number of hydrogen-bond acceptors (Lipinski definition) is 5. The lowest BCUT2D eigenvalue weighted by Crippen LogP contribution is -2.31. The Bertz CT molecular complexity index is 871. The van der Waals surface area contributed by atoms with Gasteiger partial charge in [-0.25, -0.2) is 4.39 Å². The van der Waals surface area contributed by atoms with Crippen molar-refractivity contribution in [1.29, 1.82) is 0 Å². The van der Waals surface area contributed by atoms with Gasteiger partial charge in [0.1, 0.15) is 5.82 Å². The van der Waals surface area contributed by atoms with E-state index in [0.29, 0.717) is 31.2 Å². The second-order valence-corrected chi connectivity index (χ2v) is 8.68. The molecule has 0 spiro atoms. The minimum absolute atomic E-state index is 0.126. The molecule has 0 radical (unpaired) electrons. The van der Waals surface area contributed by atoms with Crippen LogP contribution in [0.4, 0.5) is 4.39 Å². The van der Waals surface area contributed by atoms with Crippen LogP contribution in [0.2, 0.25) is 0 Å². The lowest BCUT2D eigenvalue weighted by Gasteiger charge is -2.20. The minimum Gasteiger partial charge on any atom is -0.351 e. The Morgan fingerprint density at radius 2 is 2.00 bits per heavy atom. The van der Waals surface area contributed by atoms with Gasteiger partial charge in [0.05, 0.1) is 11.8 Å². The minimum atomic E-state index is -0.368. The van der Waals surface area contributed by atoms with E-state index in [1.54, 1.807) is 12.1 Å². The van der Waals surface area contributed by atoms with E-state index >= 15 is 0 Å². The van der Waals surface area contributed by atoms with E-state index < -0.39 is 0 Å². The molecule has 0 aliphatic carbocycles. The molecule has 2 amide bonds. The Hall–Kier alpha value is -2.42. The maximum atomic E-state index is 13.0. The summed E-state index contributed by atoms with van der Waals surface area (Å²) < 4.78 is 15.0. The largest absolute Gasteiger partial charge is 0.351 e. The Labute approximate surface area is 180 Å². The Balaban J connectivity index is 1.59. The smallest absolute Gasteiger partial charge is 0.233 e. The lowest BCUT2D eigenvalue weighted by molar-refractivity contribution is -0.131. The van der Waals surface area contributed by atoms with Crippen molar-refractivity contribution < 1.29 is 14.0 Å². The van der Waals surface area contributed by atoms with Crippen LogP contribution in [0.15, 0.2) is 29.4 Å². The van der Waals surface area contributed by atoms with Crippen molar-refractivity contribution in [3.63, 3.8) is 0 Å². The van der Waals surface area contributed by atoms with Crippen molar-refractivity contribution in [1.82, 2.24) is 25.0 Å². The summed E-state index contributed by atoms with van der Waals surface area (Å²) in [6.45, 7) is 6.02. The number of halogens is 1. The molecule has 1 atom stereocenters. The summed E-state index contributed by atoms with van der Waals surface area (Å²) in [7, 11) is 0. The summed E-state index contributed by atoms with van der Waals surface area (Å²) >= 11 is 1.34. The monoisotopic (exact) mass is 433 g/mol. The van der Waals surface area contributed by atoms with Gasteiger partial charge >= 0.3 is 0 Å². The van der Waals surface area contributed by atoms with E-state index in [0.717, 1.165) is 37.2 Å². The number of aromatic nitrogens is 3. The highest BCUT2D eigenvalue weighted by atomic mass is 32.2. The molecular weight excluding hydrogens is 405 g/mol. The Kier molecular flexibility index (Phi) is 7.84. The molecule has 3 rings (SSSR count). The first-order valence-electron chi connectivity index (χ1n) is 10.4. The fourth-order valence-corrected chi connectivity index (χ4v) is 4.32. The molecule has 9 heteroatoms. The van der Waals surface area contributed by atoms with Gasteiger partial charge < -0.3 is 14.8 Å². The number of hydrogen-bond donors (Lipinski definition) is 1. The molecule has 7 nitrogen and oxygen atoms in total. The number of nitrogens with one attached hydrogen (secondary N) is 1. The molecule has 1 aromatic carbocycles. The molecule has 2 heterocycles. The van der Waals surface area contributed by atoms with Gasteiger partial charge in [0.15, 0.2) is 11.0 Å². The van der Waals surface area contributed by atoms with Crippen LogP contribution >= 0.6 is 11.8 Å². The predicted octanol–water partition coefficient (Wildman–Crippen LogP) is 3.14. The third-order valence-electron chi connectivity index (χ3n) is 5.14. The molecule has 0 bridgehead atoms. The average molecular weight is 434 g/mol. The van der Waals surface area contributed by atoms with Crippen LogP contribution in [-0.4, -0.2) is 43.3 Å². The molecule has 1 fully saturated rings. The van der Waals surface area contributed by atoms with Crippen LogP contribution in [0.25, 0.3) is 0 Å². The van der Waals surface area contributed by atoms with Crippen LogP contribution in [0, 0.1) is 5.82 Å². The molecule has 30 heavy (non-hydrogen) atoms. The molecular formula is C21H28FN5O2S. The molecule has 162 valence electrons. The third-order valence-corrected chi connectivity index (χ3v) is 6.23. The molecule has 1 N–H and O–H groups in total. The van der Waals surface area contributed by atoms with Gasteiger partial charge in [-0.3, -0.25) is 9.59 Å². The zero-order valence-electron chi connectivity index (χ0n) is 17.4. The fraction of sp³-hybridized carbons (Fsp3) is 0.524. The van der Waals surface area contributed by atoms with E-state index in [1.165, 1.54) is 23.9 Å². The molecule has 1 aliphatic rings. The van der Waals surface area contributed by atoms with E-state index in [2.05, 4.69) is 15.5 Å². The maximum Gasteiger partial charge on any atom is 0.233 e. The molecule has 1 saturated heterocycles. The number of amides is 2. The van der Waals surface area contributed by atoms with Crippen molar-refractivity contribution in [2.75, 3.05) is 6.54 Å². The number of carbonyl (C=O) groups is 2. The first kappa shape index (κ1) is 22.3. The van der Waals surface area contributed by atoms with Crippen molar-refractivity contribution in [3.05, 3.63) is 41.5 Å². The zero-order chi connectivity index (χ0) is 21.5. The van der Waals surface area contributed by atoms with E-state index in [-0.39, 0.29) is 22.9 Å². The second-order valence-electron chi connectivity index (χ2n) is 7.37. The Morgan fingerprint density at radius 1 is 1.23 bits per heavy atom. The fourth-order valence-electron chi connectivity index (χ4n) is 3.36. The normalized spacial score (nSPS) is 15.7. The predicted molar refractivity (Wildman–Crippen MR) is 113 cm³/mol. The highest BCUT2D eigenvalue weighted by Crippen LogP contribution is 2.24. The lowest BCUT2D eigenvalue weighted by atomic mass is 10.2. The number of nitrogens with zero attached hydrogens (tertiary/aromatic N) is 4. The number of thioether (sulfide) groups is 1. The zero-order valence-corrected chi connectivity index (χ0v) is 18.3. The molecule has 1 aliphatic heterocycles. The topological polar surface area (TPSA) is 80.1 Å². The molecule has 1 aromatic heterocycles. The van der Waals surface area contributed by atoms with Crippen molar-refractivity contribution in [2.45, 2.75) is 69.6 Å². The van der Waals surface area contributed by atoms with Crippen molar-refractivity contribution >= 4 is 23.6 Å². The Morgan fingerprint density at radius 3 is 2.73 bits per heavy atom. The summed E-state index contributed by atoms with van der Waals surface area (Å²) in [4.78, 5) is 26.6. The summed E-state index contributed by atoms with van der Waals surface area (Å²) in [6, 6.07) is 6.05. The average Bonchev–Trinajstić information content (AvgIpc) is 3.00. The number of rotatable bonds is 8. The van der Waals surface area contributed by atoms with Crippen LogP contribution in [-0.2, 0) is 29.2 Å². The first-order valence-corrected chi connectivity index (χ1v) is 11.2. The summed E-state index contributed by atoms with van der Waals surface area (Å²) in [6.07, 6.45) is 3.63. The number of carbonyl (C=O) groups excluding carboxylic acids is 2. The van der Waals surface area contributed by atoms with Gasteiger partial charge in [0.2, 0.25) is 11.8 Å². The van der Waals surface area contributed by atoms with Gasteiger partial charge in [-0.2, -0.15) is 0 Å². The number of likely N-dealkylation sites (tertiary alicyclic amines) is 1. The summed E-state index contributed by atoms with van der Waals surface area (Å²) in [5.74, 6) is 0.486. The second kappa shape index (κ2) is 10.6. The number of benzene rings is 1. The molecule has 0 saturated carbocycles. The third kappa shape index (κ3) is 5.81. The van der Waals surface area contributed by atoms with E-state index in [4.69, 9.17) is 0 Å². The van der Waals surface area contributed by atoms with Gasteiger partial charge in [0.25, 0.3) is 0 Å². The van der Waals surface area contributed by atoms with E-state index in [9.17, 15) is 14.0 Å². The molecule has 2 aromatic rings. The van der Waals surface area contributed by atoms with Crippen molar-refractivity contribution in [2.24, 2.45) is 0 Å². The van der Waals surface area contributed by atoms with Gasteiger partial charge in [-0.05, 0) is 44.4 Å². The van der Waals surface area contributed by atoms with Crippen LogP contribution in [0.1, 0.15) is 50.9 Å². The van der Waals surface area contributed by atoms with Crippen LogP contribution in [0.5, 0.6) is 0 Å². The van der Waals surface area contributed by atoms with Gasteiger partial charge in [0, 0.05) is 26.1 Å². The van der Waals surface area contributed by atoms with Gasteiger partial charge in [-0.15, -0.1) is 10.2 Å². The summed E-state index contributed by atoms with van der Waals surface area (Å²) in [5.41, 5.74) is 0.836. The van der Waals surface area contributed by atoms with E-state index in [1.807, 2.05) is 23.3 Å². The first-order chi connectivity index (χ1) is 14.5. The molecule has 1 unspecified atom stereocenters. The summed E-state index contributed by atoms with van der Waals surface area (Å²) in [5, 5.41) is 11.7. The van der Waals surface area contributed by atoms with Crippen LogP contribution in [0.3, 0.4) is 0 Å². The maximum absolute atomic E-state index is 13.0. The SMILES string of the molecule is CCn1c(CN2CCCCCC2=O)nnc1SC(C)C(=O)NCc1ccc(F)cc1. The van der Waals surface area contributed by atoms with Crippen LogP contribution < -0.4 is 5.32 Å². The highest BCUT2D eigenvalue weighted by Gasteiger charge is 2.23.